The highest BCUT2D eigenvalue weighted by Gasteiger charge is 2.45. The molecule has 0 aliphatic rings. The molecule has 0 aliphatic heterocycles. The van der Waals surface area contributed by atoms with Crippen LogP contribution < -0.4 is 21.7 Å². The number of carbonyl (C=O) groups excluding carboxylic acids is 4. The van der Waals surface area contributed by atoms with E-state index in [9.17, 15) is 29.4 Å². The maximum atomic E-state index is 13.9. The number of nitrogens with one attached hydrogen (secondary N) is 4. The Hall–Kier alpha value is -4.08. The number of phenolic OH excluding ortho intramolecular Hbond substituents is 2. The number of benzene rings is 2. The first kappa shape index (κ1) is 38.1. The number of rotatable bonds is 19. The first-order valence-corrected chi connectivity index (χ1v) is 17.0. The van der Waals surface area contributed by atoms with Gasteiger partial charge in [0, 0.05) is 0 Å². The number of hydrogen-bond donors (Lipinski definition) is 6. The summed E-state index contributed by atoms with van der Waals surface area (Å²) in [7, 11) is 0. The molecule has 0 unspecified atom stereocenters. The second kappa shape index (κ2) is 20.1. The Labute approximate surface area is 274 Å². The van der Waals surface area contributed by atoms with Crippen molar-refractivity contribution in [3.05, 3.63) is 58.7 Å². The average molecular weight is 639 g/mol. The van der Waals surface area contributed by atoms with Crippen LogP contribution in [-0.2, 0) is 22.4 Å². The van der Waals surface area contributed by atoms with Gasteiger partial charge in [-0.15, -0.1) is 0 Å². The molecule has 2 rings (SSSR count). The largest absolute Gasteiger partial charge is 0.507 e. The summed E-state index contributed by atoms with van der Waals surface area (Å²) in [5, 5.41) is 21.0. The molecular formula is C36H54N4O6. The summed E-state index contributed by atoms with van der Waals surface area (Å²) in [4.78, 5) is 54.3. The summed E-state index contributed by atoms with van der Waals surface area (Å²) >= 11 is 0. The van der Waals surface area contributed by atoms with E-state index in [1.54, 1.807) is 24.3 Å². The van der Waals surface area contributed by atoms with Gasteiger partial charge in [-0.1, -0.05) is 110 Å². The van der Waals surface area contributed by atoms with Crippen molar-refractivity contribution in [1.29, 1.82) is 0 Å². The van der Waals surface area contributed by atoms with Crippen LogP contribution >= 0.6 is 0 Å². The van der Waals surface area contributed by atoms with E-state index in [0.29, 0.717) is 43.2 Å². The molecule has 0 saturated carbocycles. The predicted molar refractivity (Wildman–Crippen MR) is 180 cm³/mol. The van der Waals surface area contributed by atoms with E-state index in [1.165, 1.54) is 12.1 Å². The van der Waals surface area contributed by atoms with Gasteiger partial charge in [-0.25, -0.2) is 0 Å². The number of phenols is 2. The fraction of sp³-hybridized carbons (Fsp3) is 0.556. The maximum absolute atomic E-state index is 13.9. The standard InChI is InChI=1S/C36H54N4O6/c1-5-9-13-18-26-20-16-22-28(41)30(26)32(43)37-39-34(45)36(24-12-8-4,25-15-11-7-3)35(46)40-38-33(44)31-27(19-14-10-6-2)21-17-23-29(31)42/h16-17,20-23,41-42H,5-15,18-19,24-25H2,1-4H3,(H,37,43)(H,38,44)(H,39,45)(H,40,46). The zero-order valence-corrected chi connectivity index (χ0v) is 28.1. The molecule has 0 radical (unpaired) electrons. The summed E-state index contributed by atoms with van der Waals surface area (Å²) in [6, 6.07) is 9.75. The highest BCUT2D eigenvalue weighted by molar-refractivity contribution is 6.07. The van der Waals surface area contributed by atoms with Gasteiger partial charge in [-0.05, 0) is 61.8 Å². The molecule has 0 fully saturated rings. The molecule has 10 heteroatoms. The van der Waals surface area contributed by atoms with Crippen LogP contribution in [0.3, 0.4) is 0 Å². The van der Waals surface area contributed by atoms with Gasteiger partial charge in [0.1, 0.15) is 16.9 Å². The number of amides is 4. The van der Waals surface area contributed by atoms with Crippen molar-refractivity contribution < 1.29 is 29.4 Å². The van der Waals surface area contributed by atoms with E-state index >= 15 is 0 Å². The lowest BCUT2D eigenvalue weighted by molar-refractivity contribution is -0.146. The Kier molecular flexibility index (Phi) is 16.7. The fourth-order valence-electron chi connectivity index (χ4n) is 5.67. The van der Waals surface area contributed by atoms with Crippen LogP contribution in [0.25, 0.3) is 0 Å². The minimum atomic E-state index is -1.60. The van der Waals surface area contributed by atoms with Gasteiger partial charge in [-0.2, -0.15) is 0 Å². The van der Waals surface area contributed by atoms with Crippen molar-refractivity contribution in [2.24, 2.45) is 5.41 Å². The van der Waals surface area contributed by atoms with E-state index in [4.69, 9.17) is 0 Å². The molecule has 0 spiro atoms. The first-order valence-electron chi connectivity index (χ1n) is 17.0. The third kappa shape index (κ3) is 10.8. The number of unbranched alkanes of at least 4 members (excludes halogenated alkanes) is 7. The molecule has 0 saturated heterocycles. The lowest BCUT2D eigenvalue weighted by Gasteiger charge is -2.31. The van der Waals surface area contributed by atoms with Crippen molar-refractivity contribution in [2.45, 2.75) is 124 Å². The Morgan fingerprint density at radius 2 is 0.935 bits per heavy atom. The van der Waals surface area contributed by atoms with Crippen molar-refractivity contribution in [3.63, 3.8) is 0 Å². The zero-order valence-electron chi connectivity index (χ0n) is 28.1. The summed E-state index contributed by atoms with van der Waals surface area (Å²) in [5.74, 6) is -3.16. The minimum Gasteiger partial charge on any atom is -0.507 e. The van der Waals surface area contributed by atoms with Gasteiger partial charge < -0.3 is 10.2 Å². The third-order valence-corrected chi connectivity index (χ3v) is 8.42. The monoisotopic (exact) mass is 638 g/mol. The molecule has 6 N–H and O–H groups in total. The zero-order chi connectivity index (χ0) is 34.0. The Morgan fingerprint density at radius 1 is 0.543 bits per heavy atom. The maximum Gasteiger partial charge on any atom is 0.273 e. The van der Waals surface area contributed by atoms with Crippen molar-refractivity contribution >= 4 is 23.6 Å². The second-order valence-corrected chi connectivity index (χ2v) is 12.0. The van der Waals surface area contributed by atoms with Gasteiger partial charge in [0.25, 0.3) is 23.6 Å². The molecule has 4 amide bonds. The SMILES string of the molecule is CCCCCc1cccc(O)c1C(=O)NNC(=O)C(CCCC)(CCCCC)C(=O)NNC(=O)c1c(O)cccc1CCCCC. The molecule has 46 heavy (non-hydrogen) atoms. The molecule has 0 heterocycles. The molecule has 0 aliphatic carbocycles. The van der Waals surface area contributed by atoms with Crippen molar-refractivity contribution in [3.8, 4) is 11.5 Å². The van der Waals surface area contributed by atoms with E-state index < -0.39 is 29.0 Å². The van der Waals surface area contributed by atoms with E-state index in [0.717, 1.165) is 51.4 Å². The number of aromatic hydroxyl groups is 2. The van der Waals surface area contributed by atoms with Crippen LogP contribution in [0.2, 0.25) is 0 Å². The predicted octanol–water partition coefficient (Wildman–Crippen LogP) is 6.54. The van der Waals surface area contributed by atoms with Gasteiger partial charge in [0.2, 0.25) is 0 Å². The van der Waals surface area contributed by atoms with E-state index in [2.05, 4.69) is 35.6 Å². The number of hydrogen-bond acceptors (Lipinski definition) is 6. The third-order valence-electron chi connectivity index (χ3n) is 8.42. The second-order valence-electron chi connectivity index (χ2n) is 12.0. The molecule has 2 aromatic carbocycles. The fourth-order valence-corrected chi connectivity index (χ4v) is 5.67. The lowest BCUT2D eigenvalue weighted by atomic mass is 9.76. The summed E-state index contributed by atoms with van der Waals surface area (Å²) in [5.41, 5.74) is 9.68. The first-order chi connectivity index (χ1) is 22.2. The van der Waals surface area contributed by atoms with Gasteiger partial charge in [0.15, 0.2) is 0 Å². The van der Waals surface area contributed by atoms with Crippen molar-refractivity contribution in [1.82, 2.24) is 21.7 Å². The normalized spacial score (nSPS) is 11.1. The van der Waals surface area contributed by atoms with Crippen LogP contribution in [0.4, 0.5) is 0 Å². The van der Waals surface area contributed by atoms with Crippen molar-refractivity contribution in [2.75, 3.05) is 0 Å². The molecule has 0 aromatic heterocycles. The molecule has 0 atom stereocenters. The highest BCUT2D eigenvalue weighted by Crippen LogP contribution is 2.33. The molecule has 0 bridgehead atoms. The minimum absolute atomic E-state index is 0.0816. The quantitative estimate of drug-likeness (QED) is 0.0583. The number of hydrazine groups is 2. The smallest absolute Gasteiger partial charge is 0.273 e. The Bertz CT molecular complexity index is 1210. The molecule has 2 aromatic rings. The van der Waals surface area contributed by atoms with Gasteiger partial charge in [0.05, 0.1) is 11.1 Å². The average Bonchev–Trinajstić information content (AvgIpc) is 3.04. The number of aryl methyl sites for hydroxylation is 2. The van der Waals surface area contributed by atoms with Crippen LogP contribution in [0.15, 0.2) is 36.4 Å². The van der Waals surface area contributed by atoms with Crippen LogP contribution in [0.1, 0.15) is 143 Å². The van der Waals surface area contributed by atoms with Crippen LogP contribution in [0.5, 0.6) is 11.5 Å². The lowest BCUT2D eigenvalue weighted by Crippen LogP contribution is -2.58. The highest BCUT2D eigenvalue weighted by atomic mass is 16.3. The topological polar surface area (TPSA) is 157 Å². The van der Waals surface area contributed by atoms with Gasteiger partial charge >= 0.3 is 0 Å². The number of carbonyl (C=O) groups is 4. The van der Waals surface area contributed by atoms with E-state index in [-0.39, 0.29) is 35.5 Å². The van der Waals surface area contributed by atoms with Crippen LogP contribution in [0, 0.1) is 5.41 Å². The molecular weight excluding hydrogens is 584 g/mol. The molecule has 10 nitrogen and oxygen atoms in total. The van der Waals surface area contributed by atoms with Crippen LogP contribution in [-0.4, -0.2) is 33.8 Å². The Balaban J connectivity index is 2.30. The summed E-state index contributed by atoms with van der Waals surface area (Å²) in [6.45, 7) is 8.13. The summed E-state index contributed by atoms with van der Waals surface area (Å²) in [6.07, 6.45) is 10.7. The Morgan fingerprint density at radius 3 is 1.35 bits per heavy atom. The summed E-state index contributed by atoms with van der Waals surface area (Å²) < 4.78 is 0. The van der Waals surface area contributed by atoms with E-state index in [1.807, 2.05) is 13.8 Å². The van der Waals surface area contributed by atoms with Gasteiger partial charge in [-0.3, -0.25) is 40.9 Å². The molecule has 254 valence electrons.